The van der Waals surface area contributed by atoms with Crippen molar-refractivity contribution >= 4 is 0 Å². The lowest BCUT2D eigenvalue weighted by atomic mass is 10.1. The highest BCUT2D eigenvalue weighted by molar-refractivity contribution is 5.13. The Morgan fingerprint density at radius 1 is 1.71 bits per heavy atom. The van der Waals surface area contributed by atoms with E-state index in [1.807, 2.05) is 13.8 Å². The van der Waals surface area contributed by atoms with Crippen molar-refractivity contribution in [3.63, 3.8) is 0 Å². The van der Waals surface area contributed by atoms with E-state index in [1.165, 1.54) is 0 Å². The number of rotatable bonds is 0. The minimum Gasteiger partial charge on any atom is -0.353 e. The standard InChI is InChI=1S/C6H8O/c1-4-5-6(2,3)7-5/h1,5H,2-3H3. The van der Waals surface area contributed by atoms with Gasteiger partial charge in [-0.3, -0.25) is 0 Å². The molecule has 1 aliphatic heterocycles. The molecule has 0 amide bonds. The van der Waals surface area contributed by atoms with Gasteiger partial charge in [0.1, 0.15) is 11.7 Å². The molecule has 0 radical (unpaired) electrons. The molecule has 1 heterocycles. The Kier molecular flexibility index (Phi) is 0.680. The monoisotopic (exact) mass is 96.1 g/mol. The largest absolute Gasteiger partial charge is 0.353 e. The highest BCUT2D eigenvalue weighted by Crippen LogP contribution is 2.33. The third-order valence-electron chi connectivity index (χ3n) is 1.15. The van der Waals surface area contributed by atoms with E-state index in [9.17, 15) is 0 Å². The number of hydrogen-bond donors (Lipinski definition) is 0. The molecule has 0 aromatic carbocycles. The zero-order chi connectivity index (χ0) is 5.49. The fraction of sp³-hybridized carbons (Fsp3) is 0.667. The SMILES string of the molecule is C#CC1OC1(C)C. The van der Waals surface area contributed by atoms with Gasteiger partial charge in [-0.1, -0.05) is 5.92 Å². The summed E-state index contributed by atoms with van der Waals surface area (Å²) in [4.78, 5) is 0. The average Bonchev–Trinajstić information content (AvgIpc) is 2.13. The molecule has 1 rings (SSSR count). The van der Waals surface area contributed by atoms with Gasteiger partial charge in [0.05, 0.1) is 0 Å². The molecule has 0 aliphatic carbocycles. The van der Waals surface area contributed by atoms with Crippen LogP contribution in [0.15, 0.2) is 0 Å². The molecule has 1 aliphatic rings. The molecule has 1 nitrogen and oxygen atoms in total. The Morgan fingerprint density at radius 2 is 2.14 bits per heavy atom. The van der Waals surface area contributed by atoms with Gasteiger partial charge in [-0.05, 0) is 13.8 Å². The Hall–Kier alpha value is -0.480. The maximum Gasteiger partial charge on any atom is 0.147 e. The second-order valence-electron chi connectivity index (χ2n) is 2.27. The van der Waals surface area contributed by atoms with Crippen molar-refractivity contribution < 1.29 is 4.74 Å². The van der Waals surface area contributed by atoms with Gasteiger partial charge in [0, 0.05) is 0 Å². The smallest absolute Gasteiger partial charge is 0.147 e. The molecule has 1 heteroatoms. The molecule has 0 aromatic heterocycles. The second-order valence-corrected chi connectivity index (χ2v) is 2.27. The molecular weight excluding hydrogens is 88.1 g/mol. The highest BCUT2D eigenvalue weighted by Gasteiger charge is 2.46. The second kappa shape index (κ2) is 1.02. The van der Waals surface area contributed by atoms with Crippen molar-refractivity contribution in [3.8, 4) is 12.3 Å². The van der Waals surface area contributed by atoms with Gasteiger partial charge < -0.3 is 4.74 Å². The van der Waals surface area contributed by atoms with Crippen LogP contribution in [-0.4, -0.2) is 11.7 Å². The van der Waals surface area contributed by atoms with Crippen LogP contribution in [-0.2, 0) is 4.74 Å². The Morgan fingerprint density at radius 3 is 2.14 bits per heavy atom. The van der Waals surface area contributed by atoms with Gasteiger partial charge >= 0.3 is 0 Å². The van der Waals surface area contributed by atoms with Gasteiger partial charge in [0.25, 0.3) is 0 Å². The summed E-state index contributed by atoms with van der Waals surface area (Å²) in [6, 6.07) is 0. The highest BCUT2D eigenvalue weighted by atomic mass is 16.6. The van der Waals surface area contributed by atoms with Crippen molar-refractivity contribution in [2.75, 3.05) is 0 Å². The summed E-state index contributed by atoms with van der Waals surface area (Å²) in [6.07, 6.45) is 5.11. The first-order chi connectivity index (χ1) is 3.17. The van der Waals surface area contributed by atoms with Gasteiger partial charge in [-0.15, -0.1) is 6.42 Å². The van der Waals surface area contributed by atoms with E-state index >= 15 is 0 Å². The number of ether oxygens (including phenoxy) is 1. The summed E-state index contributed by atoms with van der Waals surface area (Å²) in [5, 5.41) is 0. The average molecular weight is 96.1 g/mol. The van der Waals surface area contributed by atoms with Crippen LogP contribution in [0.4, 0.5) is 0 Å². The summed E-state index contributed by atoms with van der Waals surface area (Å²) in [5.74, 6) is 2.51. The molecule has 0 bridgehead atoms. The van der Waals surface area contributed by atoms with E-state index in [4.69, 9.17) is 11.2 Å². The summed E-state index contributed by atoms with van der Waals surface area (Å²) in [6.45, 7) is 3.97. The van der Waals surface area contributed by atoms with E-state index in [2.05, 4.69) is 5.92 Å². The lowest BCUT2D eigenvalue weighted by molar-refractivity contribution is 0.335. The first-order valence-electron chi connectivity index (χ1n) is 2.31. The van der Waals surface area contributed by atoms with Crippen LogP contribution in [0.3, 0.4) is 0 Å². The van der Waals surface area contributed by atoms with E-state index in [0.717, 1.165) is 0 Å². The van der Waals surface area contributed by atoms with Crippen LogP contribution in [0.5, 0.6) is 0 Å². The van der Waals surface area contributed by atoms with Crippen LogP contribution in [0.2, 0.25) is 0 Å². The van der Waals surface area contributed by atoms with Crippen LogP contribution in [0, 0.1) is 12.3 Å². The first kappa shape index (κ1) is 4.67. The molecule has 1 atom stereocenters. The lowest BCUT2D eigenvalue weighted by Gasteiger charge is -1.84. The molecule has 0 spiro atoms. The molecule has 0 saturated carbocycles. The molecule has 0 aromatic rings. The molecule has 38 valence electrons. The van der Waals surface area contributed by atoms with E-state index < -0.39 is 0 Å². The normalized spacial score (nSPS) is 34.1. The van der Waals surface area contributed by atoms with Crippen LogP contribution >= 0.6 is 0 Å². The maximum absolute atomic E-state index is 5.03. The van der Waals surface area contributed by atoms with Crippen LogP contribution < -0.4 is 0 Å². The van der Waals surface area contributed by atoms with Crippen molar-refractivity contribution in [1.29, 1.82) is 0 Å². The third kappa shape index (κ3) is 0.618. The van der Waals surface area contributed by atoms with Crippen molar-refractivity contribution in [1.82, 2.24) is 0 Å². The Bertz CT molecular complexity index is 119. The van der Waals surface area contributed by atoms with Gasteiger partial charge in [-0.2, -0.15) is 0 Å². The number of terminal acetylenes is 1. The molecule has 1 unspecified atom stereocenters. The quantitative estimate of drug-likeness (QED) is 0.321. The molecule has 1 fully saturated rings. The van der Waals surface area contributed by atoms with Crippen LogP contribution in [0.1, 0.15) is 13.8 Å². The summed E-state index contributed by atoms with van der Waals surface area (Å²) >= 11 is 0. The topological polar surface area (TPSA) is 12.5 Å². The zero-order valence-electron chi connectivity index (χ0n) is 4.56. The maximum atomic E-state index is 5.03. The van der Waals surface area contributed by atoms with Gasteiger partial charge in [-0.25, -0.2) is 0 Å². The molecule has 1 saturated heterocycles. The molecule has 0 N–H and O–H groups in total. The van der Waals surface area contributed by atoms with Crippen molar-refractivity contribution in [3.05, 3.63) is 0 Å². The van der Waals surface area contributed by atoms with Crippen molar-refractivity contribution in [2.24, 2.45) is 0 Å². The number of epoxide rings is 1. The van der Waals surface area contributed by atoms with E-state index in [-0.39, 0.29) is 11.7 Å². The van der Waals surface area contributed by atoms with Gasteiger partial charge in [0.2, 0.25) is 0 Å². The molecule has 7 heavy (non-hydrogen) atoms. The first-order valence-corrected chi connectivity index (χ1v) is 2.31. The third-order valence-corrected chi connectivity index (χ3v) is 1.15. The zero-order valence-corrected chi connectivity index (χ0v) is 4.56. The van der Waals surface area contributed by atoms with E-state index in [1.54, 1.807) is 0 Å². The lowest BCUT2D eigenvalue weighted by Crippen LogP contribution is -1.99. The fourth-order valence-electron chi connectivity index (χ4n) is 0.504. The Labute approximate surface area is 43.7 Å². The minimum absolute atomic E-state index is 0.0191. The van der Waals surface area contributed by atoms with Gasteiger partial charge in [0.15, 0.2) is 0 Å². The summed E-state index contributed by atoms with van der Waals surface area (Å²) in [7, 11) is 0. The Balaban J connectivity index is 2.49. The summed E-state index contributed by atoms with van der Waals surface area (Å²) < 4.78 is 5.02. The minimum atomic E-state index is -0.0191. The van der Waals surface area contributed by atoms with E-state index in [0.29, 0.717) is 0 Å². The number of hydrogen-bond acceptors (Lipinski definition) is 1. The predicted octanol–water partition coefficient (Wildman–Crippen LogP) is 0.797. The predicted molar refractivity (Wildman–Crippen MR) is 27.8 cm³/mol. The fourth-order valence-corrected chi connectivity index (χ4v) is 0.504. The summed E-state index contributed by atoms with van der Waals surface area (Å²) in [5.41, 5.74) is -0.0191. The van der Waals surface area contributed by atoms with Crippen molar-refractivity contribution in [2.45, 2.75) is 25.6 Å². The van der Waals surface area contributed by atoms with Crippen LogP contribution in [0.25, 0.3) is 0 Å². The molecular formula is C6H8O.